The van der Waals surface area contributed by atoms with E-state index in [2.05, 4.69) is 76.3 Å². The number of aromatic nitrogens is 4. The second-order valence-electron chi connectivity index (χ2n) is 10.8. The van der Waals surface area contributed by atoms with Crippen molar-refractivity contribution in [1.29, 1.82) is 0 Å². The van der Waals surface area contributed by atoms with Crippen molar-refractivity contribution >= 4 is 28.4 Å². The lowest BCUT2D eigenvalue weighted by Gasteiger charge is -2.34. The van der Waals surface area contributed by atoms with E-state index in [9.17, 15) is 4.79 Å². The van der Waals surface area contributed by atoms with E-state index in [1.165, 1.54) is 24.1 Å². The molecule has 1 aromatic carbocycles. The molecule has 4 heterocycles. The molecule has 1 saturated heterocycles. The van der Waals surface area contributed by atoms with Gasteiger partial charge in [-0.05, 0) is 50.1 Å². The van der Waals surface area contributed by atoms with Crippen molar-refractivity contribution in [1.82, 2.24) is 29.5 Å². The van der Waals surface area contributed by atoms with Gasteiger partial charge in [0.05, 0.1) is 6.54 Å². The monoisotopic (exact) mass is 544 g/mol. The van der Waals surface area contributed by atoms with E-state index >= 15 is 0 Å². The summed E-state index contributed by atoms with van der Waals surface area (Å²) in [4.78, 5) is 27.5. The average Bonchev–Trinajstić information content (AvgIpc) is 3.52. The molecule has 9 nitrogen and oxygen atoms in total. The first-order valence-corrected chi connectivity index (χ1v) is 14.9. The lowest BCUT2D eigenvalue weighted by atomic mass is 9.95. The van der Waals surface area contributed by atoms with Crippen molar-refractivity contribution in [2.75, 3.05) is 43.4 Å². The molecule has 0 bridgehead atoms. The topological polar surface area (TPSA) is 83.2 Å². The first-order chi connectivity index (χ1) is 19.6. The number of nitrogens with one attached hydrogen (secondary N) is 2. The minimum absolute atomic E-state index is 0.0494. The van der Waals surface area contributed by atoms with Crippen molar-refractivity contribution in [2.45, 2.75) is 65.2 Å². The average molecular weight is 545 g/mol. The molecule has 3 atom stereocenters. The molecule has 0 amide bonds. The largest absolute Gasteiger partial charge is 0.369 e. The maximum atomic E-state index is 13.4. The summed E-state index contributed by atoms with van der Waals surface area (Å²) in [5.74, 6) is 1.11. The number of allylic oxidation sites excluding steroid dienone is 1. The third kappa shape index (κ3) is 5.45. The highest BCUT2D eigenvalue weighted by Crippen LogP contribution is 2.38. The summed E-state index contributed by atoms with van der Waals surface area (Å²) in [6.45, 7) is 14.8. The molecule has 3 unspecified atom stereocenters. The molecular weight excluding hydrogens is 500 g/mol. The Morgan fingerprint density at radius 2 is 1.90 bits per heavy atom. The van der Waals surface area contributed by atoms with E-state index in [4.69, 9.17) is 4.98 Å². The number of nitrogens with zero attached hydrogens (tertiary/aromatic N) is 6. The zero-order valence-corrected chi connectivity index (χ0v) is 24.4. The summed E-state index contributed by atoms with van der Waals surface area (Å²) < 4.78 is 3.77. The third-order valence-electron chi connectivity index (χ3n) is 8.47. The van der Waals surface area contributed by atoms with Crippen LogP contribution in [0.25, 0.3) is 11.0 Å². The number of hydrogen-bond donors (Lipinski definition) is 2. The number of hydrogen-bond acceptors (Lipinski definition) is 7. The van der Waals surface area contributed by atoms with Gasteiger partial charge in [0, 0.05) is 56.2 Å². The molecule has 1 aliphatic carbocycles. The Balaban J connectivity index is 0.00000158. The fraction of sp³-hybridized carbons (Fsp3) is 0.516. The van der Waals surface area contributed by atoms with Crippen LogP contribution in [-0.4, -0.2) is 63.5 Å². The Morgan fingerprint density at radius 1 is 1.15 bits per heavy atom. The Hall–Kier alpha value is -3.43. The Kier molecular flexibility index (Phi) is 8.71. The summed E-state index contributed by atoms with van der Waals surface area (Å²) in [5.41, 5.74) is 4.21. The summed E-state index contributed by atoms with van der Waals surface area (Å²) >= 11 is 0. The van der Waals surface area contributed by atoms with Crippen LogP contribution in [0.15, 0.2) is 59.6 Å². The molecule has 3 aliphatic rings. The van der Waals surface area contributed by atoms with E-state index in [1.54, 1.807) is 17.0 Å². The Bertz CT molecular complexity index is 1400. The van der Waals surface area contributed by atoms with Gasteiger partial charge in [-0.1, -0.05) is 44.9 Å². The number of fused-ring (bicyclic) bond motifs is 2. The summed E-state index contributed by atoms with van der Waals surface area (Å²) in [6, 6.07) is 8.78. The minimum atomic E-state index is -0.0852. The summed E-state index contributed by atoms with van der Waals surface area (Å²) in [5, 5.41) is 7.74. The maximum Gasteiger partial charge on any atom is 0.278 e. The maximum absolute atomic E-state index is 13.4. The van der Waals surface area contributed by atoms with E-state index < -0.39 is 0 Å². The Labute approximate surface area is 237 Å². The zero-order chi connectivity index (χ0) is 28.2. The first-order valence-electron chi connectivity index (χ1n) is 14.9. The van der Waals surface area contributed by atoms with Gasteiger partial charge < -0.3 is 15.1 Å². The second kappa shape index (κ2) is 12.4. The number of rotatable bonds is 7. The molecule has 2 fully saturated rings. The number of benzene rings is 1. The normalized spacial score (nSPS) is 22.9. The van der Waals surface area contributed by atoms with Crippen LogP contribution in [0, 0.1) is 5.92 Å². The van der Waals surface area contributed by atoms with Crippen LogP contribution in [0.3, 0.4) is 0 Å². The lowest BCUT2D eigenvalue weighted by molar-refractivity contribution is 0.268. The fourth-order valence-corrected chi connectivity index (χ4v) is 6.27. The predicted molar refractivity (Wildman–Crippen MR) is 164 cm³/mol. The lowest BCUT2D eigenvalue weighted by Crippen LogP contribution is -2.44. The van der Waals surface area contributed by atoms with Crippen molar-refractivity contribution in [3.63, 3.8) is 0 Å². The molecule has 2 N–H and O–H groups in total. The predicted octanol–water partition coefficient (Wildman–Crippen LogP) is 4.91. The molecule has 6 rings (SSSR count). The number of anilines is 3. The van der Waals surface area contributed by atoms with Crippen LogP contribution >= 0.6 is 0 Å². The fourth-order valence-electron chi connectivity index (χ4n) is 6.27. The molecule has 0 radical (unpaired) electrons. The molecule has 40 heavy (non-hydrogen) atoms. The smallest absolute Gasteiger partial charge is 0.278 e. The van der Waals surface area contributed by atoms with Gasteiger partial charge in [-0.3, -0.25) is 10.1 Å². The molecule has 2 aromatic heterocycles. The van der Waals surface area contributed by atoms with Gasteiger partial charge in [0.1, 0.15) is 11.6 Å². The van der Waals surface area contributed by atoms with Crippen LogP contribution in [0.2, 0.25) is 0 Å². The molecule has 2 aliphatic heterocycles. The van der Waals surface area contributed by atoms with Crippen molar-refractivity contribution in [3.8, 4) is 0 Å². The highest BCUT2D eigenvalue weighted by Gasteiger charge is 2.36. The SMILES string of the molecule is C=CCn1c(=O)c2cnc(Nc3ccc(N4CCN(C)CC4)cc3)nc2n1C1CC=C2CCC(CC)C2N1.CC. The third-order valence-corrected chi connectivity index (χ3v) is 8.47. The van der Waals surface area contributed by atoms with E-state index in [0.29, 0.717) is 35.5 Å². The van der Waals surface area contributed by atoms with Gasteiger partial charge in [-0.15, -0.1) is 6.58 Å². The van der Waals surface area contributed by atoms with E-state index in [0.717, 1.165) is 44.7 Å². The Morgan fingerprint density at radius 3 is 2.60 bits per heavy atom. The van der Waals surface area contributed by atoms with Gasteiger partial charge in [-0.2, -0.15) is 4.98 Å². The minimum Gasteiger partial charge on any atom is -0.369 e. The quantitative estimate of drug-likeness (QED) is 0.409. The van der Waals surface area contributed by atoms with Gasteiger partial charge >= 0.3 is 0 Å². The van der Waals surface area contributed by atoms with Gasteiger partial charge in [0.2, 0.25) is 5.95 Å². The molecule has 1 saturated carbocycles. The highest BCUT2D eigenvalue weighted by molar-refractivity contribution is 5.75. The van der Waals surface area contributed by atoms with Crippen LogP contribution in [0.5, 0.6) is 0 Å². The van der Waals surface area contributed by atoms with Crippen LogP contribution in [0.4, 0.5) is 17.3 Å². The van der Waals surface area contributed by atoms with Gasteiger partial charge in [0.15, 0.2) is 5.65 Å². The number of likely N-dealkylation sites (N-methyl/N-ethyl adjacent to an activating group) is 1. The summed E-state index contributed by atoms with van der Waals surface area (Å²) in [6.07, 6.45) is 10.1. The molecule has 0 spiro atoms. The summed E-state index contributed by atoms with van der Waals surface area (Å²) in [7, 11) is 2.17. The van der Waals surface area contributed by atoms with Crippen molar-refractivity contribution < 1.29 is 0 Å². The van der Waals surface area contributed by atoms with E-state index in [-0.39, 0.29) is 11.7 Å². The van der Waals surface area contributed by atoms with Crippen LogP contribution in [-0.2, 0) is 6.54 Å². The zero-order valence-electron chi connectivity index (χ0n) is 24.4. The van der Waals surface area contributed by atoms with Crippen LogP contribution in [0.1, 0.15) is 52.6 Å². The molecule has 9 heteroatoms. The second-order valence-corrected chi connectivity index (χ2v) is 10.8. The van der Waals surface area contributed by atoms with E-state index in [1.807, 2.05) is 18.5 Å². The number of piperazine rings is 1. The molecular formula is C31H44N8O. The first kappa shape index (κ1) is 28.1. The molecule has 214 valence electrons. The van der Waals surface area contributed by atoms with Crippen molar-refractivity contribution in [3.05, 3.63) is 65.1 Å². The standard InChI is InChI=1S/C29H38N8O.C2H6/c1-4-14-36-28(38)24-19-30-29(31-22-9-11-23(12-10-22)35-17-15-34(3)16-18-35)33-27(24)37(36)25-13-8-21-7-6-20(5-2)26(21)32-25;1-2/h4,8-12,19-20,25-26,32H,1,5-7,13-18H2,2-3H3,(H,30,31,33);1-2H3. The van der Waals surface area contributed by atoms with Gasteiger partial charge in [-0.25, -0.2) is 14.3 Å². The van der Waals surface area contributed by atoms with Crippen LogP contribution < -0.4 is 21.1 Å². The molecule has 3 aromatic rings. The van der Waals surface area contributed by atoms with Gasteiger partial charge in [0.25, 0.3) is 5.56 Å². The highest BCUT2D eigenvalue weighted by atomic mass is 16.1. The van der Waals surface area contributed by atoms with Crippen molar-refractivity contribution in [2.24, 2.45) is 5.92 Å².